The number of hydrazine groups is 1. The van der Waals surface area contributed by atoms with Gasteiger partial charge < -0.3 is 15.6 Å². The standard InChI is InChI=1S/C17H16BrClN2O2/c1-9(12-7-14(19)16(23)8-15(12)22)17(10(2)21-20)11-5-3-4-6-13(11)18/h3-8,21-23H,1,20H2,2H3/b17-10+. The Labute approximate surface area is 148 Å². The molecule has 2 aromatic rings. The molecule has 0 aliphatic rings. The number of aromatic hydroxyl groups is 2. The highest BCUT2D eigenvalue weighted by molar-refractivity contribution is 9.10. The van der Waals surface area contributed by atoms with Crippen LogP contribution in [0.2, 0.25) is 5.02 Å². The number of halogens is 2. The van der Waals surface area contributed by atoms with Gasteiger partial charge in [0.05, 0.1) is 5.02 Å². The first-order valence-corrected chi connectivity index (χ1v) is 7.87. The predicted octanol–water partition coefficient (Wildman–Crippen LogP) is 4.42. The minimum atomic E-state index is -0.194. The summed E-state index contributed by atoms with van der Waals surface area (Å²) in [5, 5.41) is 19.9. The monoisotopic (exact) mass is 394 g/mol. The second kappa shape index (κ2) is 7.08. The summed E-state index contributed by atoms with van der Waals surface area (Å²) in [6.45, 7) is 5.87. The van der Waals surface area contributed by atoms with Crippen molar-refractivity contribution in [1.82, 2.24) is 5.43 Å². The first-order chi connectivity index (χ1) is 10.9. The van der Waals surface area contributed by atoms with Crippen molar-refractivity contribution < 1.29 is 10.2 Å². The fraction of sp³-hybridized carbons (Fsp3) is 0.0588. The molecule has 0 spiro atoms. The number of hydrogen-bond donors (Lipinski definition) is 4. The molecular formula is C17H16BrClN2O2. The summed E-state index contributed by atoms with van der Waals surface area (Å²) < 4.78 is 0.857. The van der Waals surface area contributed by atoms with E-state index in [1.165, 1.54) is 12.1 Å². The maximum Gasteiger partial charge on any atom is 0.137 e. The van der Waals surface area contributed by atoms with E-state index >= 15 is 0 Å². The Balaban J connectivity index is 2.66. The second-order valence-electron chi connectivity index (χ2n) is 4.92. The Morgan fingerprint density at radius 1 is 1.17 bits per heavy atom. The van der Waals surface area contributed by atoms with Crippen molar-refractivity contribution in [2.24, 2.45) is 5.84 Å². The molecule has 0 amide bonds. The third kappa shape index (κ3) is 3.52. The lowest BCUT2D eigenvalue weighted by Gasteiger charge is -2.18. The van der Waals surface area contributed by atoms with Crippen molar-refractivity contribution in [3.8, 4) is 11.5 Å². The third-order valence-electron chi connectivity index (χ3n) is 3.43. The summed E-state index contributed by atoms with van der Waals surface area (Å²) in [4.78, 5) is 0. The van der Waals surface area contributed by atoms with Crippen molar-refractivity contribution in [1.29, 1.82) is 0 Å². The maximum atomic E-state index is 10.1. The number of rotatable bonds is 4. The van der Waals surface area contributed by atoms with Gasteiger partial charge in [-0.2, -0.15) is 0 Å². The van der Waals surface area contributed by atoms with Crippen molar-refractivity contribution in [2.75, 3.05) is 0 Å². The molecule has 2 rings (SSSR count). The van der Waals surface area contributed by atoms with Gasteiger partial charge in [-0.15, -0.1) is 0 Å². The highest BCUT2D eigenvalue weighted by Crippen LogP contribution is 2.41. The van der Waals surface area contributed by atoms with Crippen LogP contribution < -0.4 is 11.3 Å². The Kier molecular flexibility index (Phi) is 5.36. The zero-order valence-corrected chi connectivity index (χ0v) is 14.7. The Bertz CT molecular complexity index is 803. The largest absolute Gasteiger partial charge is 0.507 e. The van der Waals surface area contributed by atoms with Crippen LogP contribution in [0.15, 0.2) is 53.1 Å². The zero-order valence-electron chi connectivity index (χ0n) is 12.4. The summed E-state index contributed by atoms with van der Waals surface area (Å²) in [6, 6.07) is 10.2. The number of phenolic OH excluding ortho intramolecular Hbond substituents is 2. The number of nitrogens with one attached hydrogen (secondary N) is 1. The van der Waals surface area contributed by atoms with Crippen LogP contribution in [0.25, 0.3) is 11.1 Å². The molecule has 0 bridgehead atoms. The lowest BCUT2D eigenvalue weighted by Crippen LogP contribution is -2.20. The Morgan fingerprint density at radius 3 is 2.43 bits per heavy atom. The summed E-state index contributed by atoms with van der Waals surface area (Å²) in [7, 11) is 0. The zero-order chi connectivity index (χ0) is 17.1. The molecule has 0 aliphatic carbocycles. The SMILES string of the molecule is C=C(/C(=C(/C)NN)c1ccccc1Br)c1cc(Cl)c(O)cc1O. The van der Waals surface area contributed by atoms with Crippen molar-refractivity contribution in [3.05, 3.63) is 69.3 Å². The molecule has 0 saturated carbocycles. The summed E-state index contributed by atoms with van der Waals surface area (Å²) >= 11 is 9.46. The Morgan fingerprint density at radius 2 is 1.83 bits per heavy atom. The molecule has 4 nitrogen and oxygen atoms in total. The van der Waals surface area contributed by atoms with Gasteiger partial charge in [0.25, 0.3) is 0 Å². The van der Waals surface area contributed by atoms with Crippen LogP contribution in [0.5, 0.6) is 11.5 Å². The molecule has 0 aromatic heterocycles. The van der Waals surface area contributed by atoms with Gasteiger partial charge in [-0.3, -0.25) is 5.84 Å². The number of allylic oxidation sites excluding steroid dienone is 3. The van der Waals surface area contributed by atoms with Crippen LogP contribution in [-0.2, 0) is 0 Å². The van der Waals surface area contributed by atoms with E-state index in [-0.39, 0.29) is 16.5 Å². The smallest absolute Gasteiger partial charge is 0.137 e. The average Bonchev–Trinajstić information content (AvgIpc) is 2.52. The summed E-state index contributed by atoms with van der Waals surface area (Å²) in [5.74, 6) is 5.26. The van der Waals surface area contributed by atoms with E-state index in [9.17, 15) is 10.2 Å². The minimum Gasteiger partial charge on any atom is -0.507 e. The number of nitrogens with two attached hydrogens (primary N) is 1. The van der Waals surface area contributed by atoms with Gasteiger partial charge >= 0.3 is 0 Å². The van der Waals surface area contributed by atoms with Gasteiger partial charge in [-0.1, -0.05) is 52.3 Å². The minimum absolute atomic E-state index is 0.119. The molecule has 6 heteroatoms. The van der Waals surface area contributed by atoms with Crippen LogP contribution in [0, 0.1) is 0 Å². The number of phenols is 2. The molecule has 23 heavy (non-hydrogen) atoms. The van der Waals surface area contributed by atoms with E-state index < -0.39 is 0 Å². The molecule has 120 valence electrons. The lowest BCUT2D eigenvalue weighted by atomic mass is 9.91. The van der Waals surface area contributed by atoms with Gasteiger partial charge in [-0.25, -0.2) is 0 Å². The highest BCUT2D eigenvalue weighted by atomic mass is 79.9. The molecule has 2 aromatic carbocycles. The lowest BCUT2D eigenvalue weighted by molar-refractivity contribution is 0.450. The molecule has 0 unspecified atom stereocenters. The maximum absolute atomic E-state index is 10.1. The molecule has 0 heterocycles. The van der Waals surface area contributed by atoms with E-state index in [1.807, 2.05) is 24.3 Å². The van der Waals surface area contributed by atoms with Gasteiger partial charge in [0.15, 0.2) is 0 Å². The Hall–Kier alpha value is -1.95. The molecule has 0 atom stereocenters. The second-order valence-corrected chi connectivity index (χ2v) is 6.19. The van der Waals surface area contributed by atoms with Crippen LogP contribution in [0.3, 0.4) is 0 Å². The van der Waals surface area contributed by atoms with Gasteiger partial charge in [0.2, 0.25) is 0 Å². The van der Waals surface area contributed by atoms with Gasteiger partial charge in [-0.05, 0) is 30.2 Å². The average molecular weight is 396 g/mol. The van der Waals surface area contributed by atoms with Crippen molar-refractivity contribution >= 4 is 38.7 Å². The number of hydrogen-bond acceptors (Lipinski definition) is 4. The summed E-state index contributed by atoms with van der Waals surface area (Å²) in [5.41, 5.74) is 5.80. The van der Waals surface area contributed by atoms with E-state index in [4.69, 9.17) is 17.4 Å². The third-order valence-corrected chi connectivity index (χ3v) is 4.42. The summed E-state index contributed by atoms with van der Waals surface area (Å²) in [6.07, 6.45) is 0. The van der Waals surface area contributed by atoms with Gasteiger partial charge in [0, 0.05) is 27.4 Å². The first-order valence-electron chi connectivity index (χ1n) is 6.70. The molecule has 5 N–H and O–H groups in total. The normalized spacial score (nSPS) is 11.8. The van der Waals surface area contributed by atoms with Crippen LogP contribution >= 0.6 is 27.5 Å². The number of benzene rings is 2. The van der Waals surface area contributed by atoms with E-state index in [0.29, 0.717) is 16.8 Å². The quantitative estimate of drug-likeness (QED) is 0.351. The predicted molar refractivity (Wildman–Crippen MR) is 97.9 cm³/mol. The van der Waals surface area contributed by atoms with E-state index in [1.54, 1.807) is 6.92 Å². The van der Waals surface area contributed by atoms with E-state index in [0.717, 1.165) is 15.6 Å². The molecular weight excluding hydrogens is 380 g/mol. The molecule has 0 fully saturated rings. The topological polar surface area (TPSA) is 78.5 Å². The highest BCUT2D eigenvalue weighted by Gasteiger charge is 2.18. The molecule has 0 radical (unpaired) electrons. The van der Waals surface area contributed by atoms with Crippen LogP contribution in [0.4, 0.5) is 0 Å². The van der Waals surface area contributed by atoms with Crippen LogP contribution in [-0.4, -0.2) is 10.2 Å². The van der Waals surface area contributed by atoms with Crippen LogP contribution in [0.1, 0.15) is 18.1 Å². The van der Waals surface area contributed by atoms with E-state index in [2.05, 4.69) is 27.9 Å². The first kappa shape index (κ1) is 17.4. The van der Waals surface area contributed by atoms with Gasteiger partial charge in [0.1, 0.15) is 11.5 Å². The van der Waals surface area contributed by atoms with Crippen molar-refractivity contribution in [2.45, 2.75) is 6.92 Å². The molecule has 0 saturated heterocycles. The van der Waals surface area contributed by atoms with Crippen molar-refractivity contribution in [3.63, 3.8) is 0 Å². The molecule has 0 aliphatic heterocycles. The fourth-order valence-corrected chi connectivity index (χ4v) is 2.90. The fourth-order valence-electron chi connectivity index (χ4n) is 2.25.